The Hall–Kier alpha value is -3.68. The summed E-state index contributed by atoms with van der Waals surface area (Å²) in [6.45, 7) is 2.02. The zero-order valence-corrected chi connectivity index (χ0v) is 15.0. The summed E-state index contributed by atoms with van der Waals surface area (Å²) in [6, 6.07) is 14.6. The summed E-state index contributed by atoms with van der Waals surface area (Å²) >= 11 is 0. The van der Waals surface area contributed by atoms with Crippen LogP contribution in [0.2, 0.25) is 0 Å². The molecule has 0 aliphatic carbocycles. The number of methoxy groups -OCH3 is 1. The number of nitro groups is 1. The number of nitrogens with one attached hydrogen (secondary N) is 2. The molecule has 1 heterocycles. The van der Waals surface area contributed by atoms with Gasteiger partial charge in [-0.1, -0.05) is 25.1 Å². The molecule has 2 N–H and O–H groups in total. The molecule has 0 aliphatic rings. The van der Waals surface area contributed by atoms with Gasteiger partial charge in [-0.3, -0.25) is 10.1 Å². The fraction of sp³-hybridized carbons (Fsp3) is 0.158. The van der Waals surface area contributed by atoms with Crippen molar-refractivity contribution in [1.82, 2.24) is 9.97 Å². The lowest BCUT2D eigenvalue weighted by molar-refractivity contribution is -0.383. The van der Waals surface area contributed by atoms with Gasteiger partial charge >= 0.3 is 5.69 Å². The second-order valence-electron chi connectivity index (χ2n) is 5.67. The number of benzene rings is 2. The second kappa shape index (κ2) is 8.13. The first-order valence-electron chi connectivity index (χ1n) is 8.37. The molecule has 27 heavy (non-hydrogen) atoms. The largest absolute Gasteiger partial charge is 0.497 e. The van der Waals surface area contributed by atoms with Gasteiger partial charge in [-0.05, 0) is 42.3 Å². The molecule has 3 rings (SSSR count). The van der Waals surface area contributed by atoms with Gasteiger partial charge < -0.3 is 15.4 Å². The quantitative estimate of drug-likeness (QED) is 0.471. The number of rotatable bonds is 7. The summed E-state index contributed by atoms with van der Waals surface area (Å²) < 4.78 is 5.12. The number of ether oxygens (including phenoxy) is 1. The van der Waals surface area contributed by atoms with Gasteiger partial charge in [-0.25, -0.2) is 9.97 Å². The van der Waals surface area contributed by atoms with E-state index in [4.69, 9.17) is 4.74 Å². The van der Waals surface area contributed by atoms with Crippen LogP contribution >= 0.6 is 0 Å². The standard InChI is InChI=1S/C19H19N5O3/c1-3-13-6-4-5-7-16(13)23-19-17(24(25)26)18(20-12-21-19)22-14-8-10-15(27-2)11-9-14/h4-12H,3H2,1-2H3,(H2,20,21,22,23). The first-order valence-corrected chi connectivity index (χ1v) is 8.37. The van der Waals surface area contributed by atoms with E-state index in [-0.39, 0.29) is 17.3 Å². The summed E-state index contributed by atoms with van der Waals surface area (Å²) in [7, 11) is 1.57. The molecular weight excluding hydrogens is 346 g/mol. The molecule has 0 amide bonds. The van der Waals surface area contributed by atoms with Crippen molar-refractivity contribution in [3.8, 4) is 5.75 Å². The maximum atomic E-state index is 11.7. The van der Waals surface area contributed by atoms with Crippen LogP contribution in [0.15, 0.2) is 54.9 Å². The van der Waals surface area contributed by atoms with Gasteiger partial charge in [0.2, 0.25) is 11.6 Å². The molecule has 138 valence electrons. The van der Waals surface area contributed by atoms with Gasteiger partial charge in [0.1, 0.15) is 12.1 Å². The highest BCUT2D eigenvalue weighted by atomic mass is 16.6. The maximum Gasteiger partial charge on any atom is 0.353 e. The van der Waals surface area contributed by atoms with E-state index >= 15 is 0 Å². The summed E-state index contributed by atoms with van der Waals surface area (Å²) in [4.78, 5) is 19.3. The number of hydrogen-bond acceptors (Lipinski definition) is 7. The third-order valence-electron chi connectivity index (χ3n) is 4.01. The van der Waals surface area contributed by atoms with Gasteiger partial charge in [-0.2, -0.15) is 0 Å². The lowest BCUT2D eigenvalue weighted by Crippen LogP contribution is -2.06. The number of para-hydroxylation sites is 1. The molecule has 0 fully saturated rings. The van der Waals surface area contributed by atoms with Crippen molar-refractivity contribution in [2.75, 3.05) is 17.7 Å². The normalized spacial score (nSPS) is 10.3. The molecule has 8 nitrogen and oxygen atoms in total. The molecule has 0 saturated heterocycles. The molecule has 0 bridgehead atoms. The minimum Gasteiger partial charge on any atom is -0.497 e. The van der Waals surface area contributed by atoms with Crippen LogP contribution in [0.5, 0.6) is 5.75 Å². The molecule has 0 spiro atoms. The molecule has 0 atom stereocenters. The first-order chi connectivity index (χ1) is 13.1. The van der Waals surface area contributed by atoms with Crippen LogP contribution in [0.4, 0.5) is 28.7 Å². The van der Waals surface area contributed by atoms with Crippen LogP contribution in [0.3, 0.4) is 0 Å². The third-order valence-corrected chi connectivity index (χ3v) is 4.01. The van der Waals surface area contributed by atoms with Crippen molar-refractivity contribution in [3.63, 3.8) is 0 Å². The number of aryl methyl sites for hydroxylation is 1. The lowest BCUT2D eigenvalue weighted by atomic mass is 10.1. The highest BCUT2D eigenvalue weighted by Crippen LogP contribution is 2.34. The monoisotopic (exact) mass is 365 g/mol. The van der Waals surface area contributed by atoms with Crippen LogP contribution in [0.25, 0.3) is 0 Å². The Kier molecular flexibility index (Phi) is 5.46. The second-order valence-corrected chi connectivity index (χ2v) is 5.67. The van der Waals surface area contributed by atoms with E-state index in [0.29, 0.717) is 11.4 Å². The van der Waals surface area contributed by atoms with E-state index in [2.05, 4.69) is 20.6 Å². The van der Waals surface area contributed by atoms with Crippen molar-refractivity contribution in [3.05, 3.63) is 70.5 Å². The zero-order chi connectivity index (χ0) is 19.2. The van der Waals surface area contributed by atoms with Gasteiger partial charge in [0.05, 0.1) is 12.0 Å². The fourth-order valence-corrected chi connectivity index (χ4v) is 2.62. The van der Waals surface area contributed by atoms with Crippen LogP contribution < -0.4 is 15.4 Å². The fourth-order valence-electron chi connectivity index (χ4n) is 2.62. The Bertz CT molecular complexity index is 944. The van der Waals surface area contributed by atoms with E-state index in [0.717, 1.165) is 17.7 Å². The van der Waals surface area contributed by atoms with E-state index in [1.807, 2.05) is 31.2 Å². The number of nitrogens with zero attached hydrogens (tertiary/aromatic N) is 3. The number of hydrogen-bond donors (Lipinski definition) is 2. The van der Waals surface area contributed by atoms with Crippen LogP contribution in [-0.4, -0.2) is 22.0 Å². The summed E-state index contributed by atoms with van der Waals surface area (Å²) in [5.41, 5.74) is 2.24. The Balaban J connectivity index is 1.95. The topological polar surface area (TPSA) is 102 Å². The molecule has 0 aliphatic heterocycles. The van der Waals surface area contributed by atoms with E-state index in [1.165, 1.54) is 6.33 Å². The van der Waals surface area contributed by atoms with Crippen molar-refractivity contribution < 1.29 is 9.66 Å². The SMILES string of the molecule is CCc1ccccc1Nc1ncnc(Nc2ccc(OC)cc2)c1[N+](=O)[O-]. The molecular formula is C19H19N5O3. The van der Waals surface area contributed by atoms with Crippen molar-refractivity contribution in [2.24, 2.45) is 0 Å². The van der Waals surface area contributed by atoms with E-state index in [9.17, 15) is 10.1 Å². The molecule has 2 aromatic carbocycles. The van der Waals surface area contributed by atoms with E-state index < -0.39 is 4.92 Å². The van der Waals surface area contributed by atoms with Gasteiger partial charge in [-0.15, -0.1) is 0 Å². The van der Waals surface area contributed by atoms with E-state index in [1.54, 1.807) is 31.4 Å². The number of anilines is 4. The highest BCUT2D eigenvalue weighted by molar-refractivity contribution is 5.77. The van der Waals surface area contributed by atoms with Crippen molar-refractivity contribution >= 4 is 28.7 Å². The maximum absolute atomic E-state index is 11.7. The minimum absolute atomic E-state index is 0.108. The summed E-state index contributed by atoms with van der Waals surface area (Å²) in [6.07, 6.45) is 2.08. The van der Waals surface area contributed by atoms with Gasteiger partial charge in [0, 0.05) is 11.4 Å². The molecule has 3 aromatic rings. The molecule has 0 unspecified atom stereocenters. The lowest BCUT2D eigenvalue weighted by Gasteiger charge is -2.12. The van der Waals surface area contributed by atoms with Crippen molar-refractivity contribution in [1.29, 1.82) is 0 Å². The Labute approximate surface area is 156 Å². The average molecular weight is 365 g/mol. The van der Waals surface area contributed by atoms with Crippen molar-refractivity contribution in [2.45, 2.75) is 13.3 Å². The molecule has 0 radical (unpaired) electrons. The highest BCUT2D eigenvalue weighted by Gasteiger charge is 2.23. The Morgan fingerprint density at radius 1 is 1.04 bits per heavy atom. The average Bonchev–Trinajstić information content (AvgIpc) is 2.69. The predicted octanol–water partition coefficient (Wildman–Crippen LogP) is 4.44. The minimum atomic E-state index is -0.497. The Morgan fingerprint density at radius 2 is 1.70 bits per heavy atom. The van der Waals surface area contributed by atoms with Crippen LogP contribution in [0, 0.1) is 10.1 Å². The summed E-state index contributed by atoms with van der Waals surface area (Å²) in [5, 5.41) is 17.7. The number of aromatic nitrogens is 2. The molecule has 1 aromatic heterocycles. The Morgan fingerprint density at radius 3 is 2.33 bits per heavy atom. The molecule has 0 saturated carbocycles. The predicted molar refractivity (Wildman–Crippen MR) is 104 cm³/mol. The third kappa shape index (κ3) is 4.12. The molecule has 8 heteroatoms. The smallest absolute Gasteiger partial charge is 0.353 e. The summed E-state index contributed by atoms with van der Waals surface area (Å²) in [5.74, 6) is 0.930. The first kappa shape index (κ1) is 18.1. The van der Waals surface area contributed by atoms with Gasteiger partial charge in [0.25, 0.3) is 0 Å². The zero-order valence-electron chi connectivity index (χ0n) is 15.0. The van der Waals surface area contributed by atoms with Crippen LogP contribution in [-0.2, 0) is 6.42 Å². The van der Waals surface area contributed by atoms with Gasteiger partial charge in [0.15, 0.2) is 0 Å². The van der Waals surface area contributed by atoms with Crippen LogP contribution in [0.1, 0.15) is 12.5 Å².